The minimum atomic E-state index is -1.33. The van der Waals surface area contributed by atoms with Crippen molar-refractivity contribution in [1.82, 2.24) is 4.90 Å². The summed E-state index contributed by atoms with van der Waals surface area (Å²) in [5.74, 6) is -1.27. The largest absolute Gasteiger partial charge is 0.469 e. The highest BCUT2D eigenvalue weighted by Gasteiger charge is 2.41. The molecule has 30 heavy (non-hydrogen) atoms. The Kier molecular flexibility index (Phi) is 9.81. The monoisotopic (exact) mass is 431 g/mol. The van der Waals surface area contributed by atoms with Gasteiger partial charge < -0.3 is 18.9 Å². The van der Waals surface area contributed by atoms with Crippen LogP contribution >= 0.6 is 0 Å². The Morgan fingerprint density at radius 2 is 1.13 bits per heavy atom. The summed E-state index contributed by atoms with van der Waals surface area (Å²) in [4.78, 5) is 50.7. The smallest absolute Gasteiger partial charge is 0.420 e. The third-order valence-corrected chi connectivity index (χ3v) is 3.26. The van der Waals surface area contributed by atoms with Crippen molar-refractivity contribution in [1.29, 1.82) is 0 Å². The third-order valence-electron chi connectivity index (χ3n) is 3.26. The van der Waals surface area contributed by atoms with Crippen LogP contribution in [0.15, 0.2) is 0 Å². The van der Waals surface area contributed by atoms with Crippen LogP contribution in [0.5, 0.6) is 0 Å². The first-order valence-electron chi connectivity index (χ1n) is 9.91. The molecule has 0 N–H and O–H groups in total. The molecule has 174 valence electrons. The van der Waals surface area contributed by atoms with E-state index < -0.39 is 47.0 Å². The average Bonchev–Trinajstić information content (AvgIpc) is 2.48. The number of ether oxygens (including phenoxy) is 4. The lowest BCUT2D eigenvalue weighted by atomic mass is 10.1. The van der Waals surface area contributed by atoms with Gasteiger partial charge in [0.15, 0.2) is 0 Å². The van der Waals surface area contributed by atoms with E-state index in [1.54, 1.807) is 62.3 Å². The van der Waals surface area contributed by atoms with Crippen molar-refractivity contribution < 1.29 is 38.1 Å². The van der Waals surface area contributed by atoms with Crippen LogP contribution in [-0.4, -0.2) is 59.0 Å². The molecule has 0 spiro atoms. The van der Waals surface area contributed by atoms with Gasteiger partial charge in [0.2, 0.25) is 0 Å². The molecule has 0 heterocycles. The second-order valence-electron chi connectivity index (χ2n) is 9.85. The maximum atomic E-state index is 12.9. The molecule has 0 radical (unpaired) electrons. The maximum absolute atomic E-state index is 12.9. The van der Waals surface area contributed by atoms with Gasteiger partial charge in [0.25, 0.3) is 0 Å². The van der Waals surface area contributed by atoms with Crippen LogP contribution in [-0.2, 0) is 28.5 Å². The van der Waals surface area contributed by atoms with Crippen molar-refractivity contribution in [3.05, 3.63) is 0 Å². The molecule has 0 aromatic rings. The van der Waals surface area contributed by atoms with E-state index in [4.69, 9.17) is 14.2 Å². The fraction of sp³-hybridized carbons (Fsp3) is 0.810. The minimum Gasteiger partial charge on any atom is -0.469 e. The fourth-order valence-electron chi connectivity index (χ4n) is 2.22. The van der Waals surface area contributed by atoms with Gasteiger partial charge in [-0.15, -0.1) is 0 Å². The van der Waals surface area contributed by atoms with Crippen molar-refractivity contribution in [2.75, 3.05) is 7.11 Å². The number of nitrogens with zero attached hydrogens (tertiary/aromatic N) is 1. The molecule has 0 unspecified atom stereocenters. The Labute approximate surface area is 179 Å². The molecule has 1 atom stereocenters. The standard InChI is InChI=1S/C21H37NO8/c1-19(2,3)28-16(24)14(12-11-13-15(23)27-10)22(17(25)29-20(4,5)6)18(26)30-21(7,8)9/h14H,11-13H2,1-10H3/t14-/m0/s1. The number of hydrogen-bond donors (Lipinski definition) is 0. The van der Waals surface area contributed by atoms with Gasteiger partial charge in [-0.25, -0.2) is 14.4 Å². The van der Waals surface area contributed by atoms with Crippen LogP contribution in [0.1, 0.15) is 81.6 Å². The molecule has 0 aliphatic heterocycles. The van der Waals surface area contributed by atoms with Gasteiger partial charge in [-0.1, -0.05) is 0 Å². The first-order chi connectivity index (χ1) is 13.4. The van der Waals surface area contributed by atoms with E-state index >= 15 is 0 Å². The van der Waals surface area contributed by atoms with Gasteiger partial charge in [0.1, 0.15) is 22.8 Å². The molecule has 0 aromatic carbocycles. The Hall–Kier alpha value is -2.32. The van der Waals surface area contributed by atoms with Gasteiger partial charge in [0.05, 0.1) is 7.11 Å². The van der Waals surface area contributed by atoms with Crippen LogP contribution in [0.4, 0.5) is 9.59 Å². The van der Waals surface area contributed by atoms with E-state index in [-0.39, 0.29) is 19.3 Å². The molecule has 0 aliphatic rings. The molecule has 0 bridgehead atoms. The van der Waals surface area contributed by atoms with Crippen LogP contribution < -0.4 is 0 Å². The van der Waals surface area contributed by atoms with E-state index in [0.29, 0.717) is 4.90 Å². The number of carbonyl (C=O) groups is 4. The van der Waals surface area contributed by atoms with Crippen molar-refractivity contribution in [3.8, 4) is 0 Å². The maximum Gasteiger partial charge on any atom is 0.420 e. The Morgan fingerprint density at radius 3 is 1.47 bits per heavy atom. The lowest BCUT2D eigenvalue weighted by Gasteiger charge is -2.33. The molecule has 0 saturated heterocycles. The number of amides is 2. The number of rotatable bonds is 6. The second-order valence-corrected chi connectivity index (χ2v) is 9.85. The molecule has 9 heteroatoms. The molecule has 2 amide bonds. The van der Waals surface area contributed by atoms with Gasteiger partial charge in [-0.3, -0.25) is 4.79 Å². The summed E-state index contributed by atoms with van der Waals surface area (Å²) in [5.41, 5.74) is -2.69. The molecule has 0 saturated carbocycles. The SMILES string of the molecule is COC(=O)CCC[C@@H](C(=O)OC(C)(C)C)N(C(=O)OC(C)(C)C)C(=O)OC(C)(C)C. The number of imide groups is 1. The molecular weight excluding hydrogens is 394 g/mol. The summed E-state index contributed by atoms with van der Waals surface area (Å²) in [7, 11) is 1.25. The summed E-state index contributed by atoms with van der Waals surface area (Å²) in [6.45, 7) is 14.8. The normalized spacial score (nSPS) is 13.1. The molecule has 0 rings (SSSR count). The Morgan fingerprint density at radius 1 is 0.733 bits per heavy atom. The van der Waals surface area contributed by atoms with Gasteiger partial charge in [-0.05, 0) is 75.2 Å². The zero-order valence-corrected chi connectivity index (χ0v) is 19.9. The molecule has 9 nitrogen and oxygen atoms in total. The molecular formula is C21H37NO8. The van der Waals surface area contributed by atoms with Crippen LogP contribution in [0.25, 0.3) is 0 Å². The summed E-state index contributed by atoms with van der Waals surface area (Å²) in [6.07, 6.45) is -1.91. The van der Waals surface area contributed by atoms with Crippen LogP contribution in [0, 0.1) is 0 Å². The molecule has 0 aliphatic carbocycles. The third kappa shape index (κ3) is 11.6. The molecule has 0 aromatic heterocycles. The second kappa shape index (κ2) is 10.6. The number of carbonyl (C=O) groups excluding carboxylic acids is 4. The van der Waals surface area contributed by atoms with Gasteiger partial charge in [0, 0.05) is 6.42 Å². The van der Waals surface area contributed by atoms with Crippen molar-refractivity contribution in [2.45, 2.75) is 104 Å². The molecule has 0 fully saturated rings. The highest BCUT2D eigenvalue weighted by Crippen LogP contribution is 2.22. The lowest BCUT2D eigenvalue weighted by Crippen LogP contribution is -2.53. The van der Waals surface area contributed by atoms with Crippen molar-refractivity contribution in [2.24, 2.45) is 0 Å². The van der Waals surface area contributed by atoms with Crippen LogP contribution in [0.3, 0.4) is 0 Å². The lowest BCUT2D eigenvalue weighted by molar-refractivity contribution is -0.161. The summed E-state index contributed by atoms with van der Waals surface area (Å²) >= 11 is 0. The first kappa shape index (κ1) is 27.7. The highest BCUT2D eigenvalue weighted by atomic mass is 16.6. The van der Waals surface area contributed by atoms with Crippen LogP contribution in [0.2, 0.25) is 0 Å². The zero-order chi connectivity index (χ0) is 23.9. The number of methoxy groups -OCH3 is 1. The van der Waals surface area contributed by atoms with E-state index in [1.807, 2.05) is 0 Å². The Bertz CT molecular complexity index is 594. The highest BCUT2D eigenvalue weighted by molar-refractivity contribution is 5.94. The predicted octanol–water partition coefficient (Wildman–Crippen LogP) is 4.21. The van der Waals surface area contributed by atoms with E-state index in [2.05, 4.69) is 4.74 Å². The summed E-state index contributed by atoms with van der Waals surface area (Å²) in [5, 5.41) is 0. The quantitative estimate of drug-likeness (QED) is 0.454. The Balaban J connectivity index is 5.99. The van der Waals surface area contributed by atoms with E-state index in [9.17, 15) is 19.2 Å². The minimum absolute atomic E-state index is 0.00622. The van der Waals surface area contributed by atoms with Crippen molar-refractivity contribution >= 4 is 24.1 Å². The van der Waals surface area contributed by atoms with Gasteiger partial charge >= 0.3 is 24.1 Å². The average molecular weight is 432 g/mol. The van der Waals surface area contributed by atoms with Crippen molar-refractivity contribution in [3.63, 3.8) is 0 Å². The first-order valence-corrected chi connectivity index (χ1v) is 9.91. The zero-order valence-electron chi connectivity index (χ0n) is 19.9. The number of esters is 2. The summed E-state index contributed by atoms with van der Waals surface area (Å²) in [6, 6.07) is -1.33. The van der Waals surface area contributed by atoms with E-state index in [0.717, 1.165) is 0 Å². The predicted molar refractivity (Wildman–Crippen MR) is 110 cm³/mol. The fourth-order valence-corrected chi connectivity index (χ4v) is 2.22. The van der Waals surface area contributed by atoms with Gasteiger partial charge in [-0.2, -0.15) is 4.90 Å². The van der Waals surface area contributed by atoms with E-state index in [1.165, 1.54) is 7.11 Å². The topological polar surface area (TPSA) is 108 Å². The number of hydrogen-bond acceptors (Lipinski definition) is 8. The summed E-state index contributed by atoms with van der Waals surface area (Å²) < 4.78 is 20.7.